The van der Waals surface area contributed by atoms with Crippen LogP contribution in [0.1, 0.15) is 56.2 Å². The molecule has 0 amide bonds. The van der Waals surface area contributed by atoms with E-state index in [4.69, 9.17) is 0 Å². The Morgan fingerprint density at radius 3 is 2.05 bits per heavy atom. The van der Waals surface area contributed by atoms with Crippen LogP contribution in [0.4, 0.5) is 0 Å². The summed E-state index contributed by atoms with van der Waals surface area (Å²) in [6, 6.07) is 11.0. The molecule has 1 nitrogen and oxygen atoms in total. The van der Waals surface area contributed by atoms with Gasteiger partial charge in [-0.25, -0.2) is 4.57 Å². The van der Waals surface area contributed by atoms with E-state index in [-0.39, 0.29) is 0 Å². The number of rotatable bonds is 3. The molecule has 1 heterocycles. The fraction of sp³-hybridized carbons (Fsp3) is 0.421. The molecule has 0 radical (unpaired) electrons. The number of aryl methyl sites for hydroxylation is 2. The van der Waals surface area contributed by atoms with Crippen molar-refractivity contribution in [3.63, 3.8) is 0 Å². The summed E-state index contributed by atoms with van der Waals surface area (Å²) in [5.74, 6) is 1.11. The van der Waals surface area contributed by atoms with Gasteiger partial charge in [0.25, 0.3) is 0 Å². The second-order valence-electron chi connectivity index (χ2n) is 6.30. The molecule has 0 bridgehead atoms. The van der Waals surface area contributed by atoms with Gasteiger partial charge in [-0.3, -0.25) is 0 Å². The van der Waals surface area contributed by atoms with Crippen molar-refractivity contribution in [1.29, 1.82) is 0 Å². The Balaban J connectivity index is 2.67. The van der Waals surface area contributed by atoms with Crippen molar-refractivity contribution in [2.24, 2.45) is 7.05 Å². The molecule has 0 saturated heterocycles. The van der Waals surface area contributed by atoms with Crippen LogP contribution in [0.15, 0.2) is 36.5 Å². The molecular weight excluding hydrogens is 242 g/mol. The molecule has 0 spiro atoms. The van der Waals surface area contributed by atoms with E-state index in [0.29, 0.717) is 11.8 Å². The van der Waals surface area contributed by atoms with E-state index in [0.717, 1.165) is 0 Å². The van der Waals surface area contributed by atoms with Gasteiger partial charge in [0.1, 0.15) is 7.05 Å². The van der Waals surface area contributed by atoms with Gasteiger partial charge in [-0.2, -0.15) is 0 Å². The second-order valence-corrected chi connectivity index (χ2v) is 6.30. The fourth-order valence-corrected chi connectivity index (χ4v) is 2.80. The molecule has 2 rings (SSSR count). The first kappa shape index (κ1) is 14.8. The summed E-state index contributed by atoms with van der Waals surface area (Å²) in [5.41, 5.74) is 6.88. The van der Waals surface area contributed by atoms with E-state index in [1.165, 1.54) is 27.9 Å². The molecule has 0 aliphatic carbocycles. The molecule has 1 aromatic heterocycles. The van der Waals surface area contributed by atoms with E-state index in [2.05, 4.69) is 82.8 Å². The third-order valence-corrected chi connectivity index (χ3v) is 4.00. The average molecular weight is 268 g/mol. The van der Waals surface area contributed by atoms with Crippen LogP contribution in [0.2, 0.25) is 0 Å². The third kappa shape index (κ3) is 2.77. The van der Waals surface area contributed by atoms with Crippen molar-refractivity contribution >= 4 is 0 Å². The molecule has 1 heteroatoms. The molecular formula is C19H26N+. The number of aromatic nitrogens is 1. The summed E-state index contributed by atoms with van der Waals surface area (Å²) in [7, 11) is 2.15. The quantitative estimate of drug-likeness (QED) is 0.708. The lowest BCUT2D eigenvalue weighted by Gasteiger charge is -2.16. The zero-order valence-electron chi connectivity index (χ0n) is 13.6. The lowest BCUT2D eigenvalue weighted by atomic mass is 9.90. The fourth-order valence-electron chi connectivity index (χ4n) is 2.80. The minimum atomic E-state index is 0.552. The molecule has 0 unspecified atom stereocenters. The van der Waals surface area contributed by atoms with Crippen LogP contribution in [0.25, 0.3) is 11.3 Å². The number of nitrogens with zero attached hydrogens (tertiary/aromatic N) is 1. The Hall–Kier alpha value is -1.63. The number of hydrogen-bond acceptors (Lipinski definition) is 0. The van der Waals surface area contributed by atoms with Gasteiger partial charge in [-0.1, -0.05) is 45.9 Å². The summed E-state index contributed by atoms with van der Waals surface area (Å²) in [4.78, 5) is 0. The Morgan fingerprint density at radius 2 is 1.50 bits per heavy atom. The van der Waals surface area contributed by atoms with Crippen LogP contribution < -0.4 is 4.57 Å². The predicted octanol–water partition coefficient (Wildman–Crippen LogP) is 4.73. The zero-order chi connectivity index (χ0) is 14.9. The van der Waals surface area contributed by atoms with Crippen LogP contribution in [0.5, 0.6) is 0 Å². The van der Waals surface area contributed by atoms with E-state index in [9.17, 15) is 0 Å². The first-order valence-electron chi connectivity index (χ1n) is 7.51. The molecule has 0 fully saturated rings. The molecule has 0 saturated carbocycles. The van der Waals surface area contributed by atoms with E-state index in [1.807, 2.05) is 0 Å². The first-order chi connectivity index (χ1) is 9.41. The van der Waals surface area contributed by atoms with Crippen molar-refractivity contribution < 1.29 is 4.57 Å². The summed E-state index contributed by atoms with van der Waals surface area (Å²) < 4.78 is 2.27. The lowest BCUT2D eigenvalue weighted by Crippen LogP contribution is -2.32. The van der Waals surface area contributed by atoms with Crippen molar-refractivity contribution in [3.05, 3.63) is 53.2 Å². The predicted molar refractivity (Wildman–Crippen MR) is 86.0 cm³/mol. The molecule has 0 atom stereocenters. The van der Waals surface area contributed by atoms with Crippen LogP contribution >= 0.6 is 0 Å². The molecule has 0 aliphatic rings. The van der Waals surface area contributed by atoms with E-state index >= 15 is 0 Å². The summed E-state index contributed by atoms with van der Waals surface area (Å²) in [6.07, 6.45) is 2.31. The van der Waals surface area contributed by atoms with Crippen LogP contribution in [0, 0.1) is 6.92 Å². The van der Waals surface area contributed by atoms with Gasteiger partial charge >= 0.3 is 0 Å². The lowest BCUT2D eigenvalue weighted by molar-refractivity contribution is -0.661. The standard InChI is InChI=1S/C19H26N/c1-13(2)17-11-19(16-10-8-7-9-15(16)5)20(6)12-18(17)14(3)4/h7-14H,1-6H3/q+1. The van der Waals surface area contributed by atoms with Crippen molar-refractivity contribution in [1.82, 2.24) is 0 Å². The number of pyridine rings is 1. The Labute approximate surface area is 123 Å². The van der Waals surface area contributed by atoms with Crippen LogP contribution in [0.3, 0.4) is 0 Å². The Kier molecular flexibility index (Phi) is 4.27. The number of hydrogen-bond donors (Lipinski definition) is 0. The van der Waals surface area contributed by atoms with E-state index < -0.39 is 0 Å². The monoisotopic (exact) mass is 268 g/mol. The minimum Gasteiger partial charge on any atom is -0.201 e. The maximum Gasteiger partial charge on any atom is 0.212 e. The van der Waals surface area contributed by atoms with Gasteiger partial charge in [0.05, 0.1) is 0 Å². The topological polar surface area (TPSA) is 3.88 Å². The van der Waals surface area contributed by atoms with Gasteiger partial charge in [0.15, 0.2) is 6.20 Å². The Bertz CT molecular complexity index is 609. The van der Waals surface area contributed by atoms with Crippen molar-refractivity contribution in [2.75, 3.05) is 0 Å². The first-order valence-corrected chi connectivity index (χ1v) is 7.51. The zero-order valence-corrected chi connectivity index (χ0v) is 13.6. The maximum absolute atomic E-state index is 2.38. The SMILES string of the molecule is Cc1ccccc1-c1cc(C(C)C)c(C(C)C)c[n+]1C. The van der Waals surface area contributed by atoms with Gasteiger partial charge in [-0.15, -0.1) is 0 Å². The highest BCUT2D eigenvalue weighted by molar-refractivity contribution is 5.62. The third-order valence-electron chi connectivity index (χ3n) is 4.00. The van der Waals surface area contributed by atoms with Crippen molar-refractivity contribution in [2.45, 2.75) is 46.5 Å². The molecule has 0 aliphatic heterocycles. The highest BCUT2D eigenvalue weighted by atomic mass is 14.9. The second kappa shape index (κ2) is 5.78. The van der Waals surface area contributed by atoms with Gasteiger partial charge in [0, 0.05) is 17.2 Å². The summed E-state index contributed by atoms with van der Waals surface area (Å²) in [5, 5.41) is 0. The normalized spacial score (nSPS) is 11.4. The smallest absolute Gasteiger partial charge is 0.201 e. The van der Waals surface area contributed by atoms with Crippen molar-refractivity contribution in [3.8, 4) is 11.3 Å². The van der Waals surface area contributed by atoms with Crippen LogP contribution in [-0.4, -0.2) is 0 Å². The molecule has 106 valence electrons. The van der Waals surface area contributed by atoms with Gasteiger partial charge < -0.3 is 0 Å². The number of benzene rings is 1. The maximum atomic E-state index is 2.38. The minimum absolute atomic E-state index is 0.552. The highest BCUT2D eigenvalue weighted by Gasteiger charge is 2.20. The summed E-state index contributed by atoms with van der Waals surface area (Å²) in [6.45, 7) is 11.3. The largest absolute Gasteiger partial charge is 0.212 e. The highest BCUT2D eigenvalue weighted by Crippen LogP contribution is 2.29. The average Bonchev–Trinajstić information content (AvgIpc) is 2.39. The van der Waals surface area contributed by atoms with Gasteiger partial charge in [0.2, 0.25) is 5.69 Å². The van der Waals surface area contributed by atoms with Crippen LogP contribution in [-0.2, 0) is 7.05 Å². The molecule has 1 aromatic carbocycles. The molecule has 2 aromatic rings. The Morgan fingerprint density at radius 1 is 0.900 bits per heavy atom. The summed E-state index contributed by atoms with van der Waals surface area (Å²) >= 11 is 0. The molecule has 0 N–H and O–H groups in total. The molecule has 20 heavy (non-hydrogen) atoms. The van der Waals surface area contributed by atoms with Gasteiger partial charge in [-0.05, 0) is 36.0 Å². The van der Waals surface area contributed by atoms with E-state index in [1.54, 1.807) is 0 Å².